The van der Waals surface area contributed by atoms with E-state index in [0.717, 1.165) is 0 Å². The predicted octanol–water partition coefficient (Wildman–Crippen LogP) is 3.62. The molecule has 0 spiro atoms. The molecule has 3 rings (SSSR count). The van der Waals surface area contributed by atoms with Crippen molar-refractivity contribution in [3.05, 3.63) is 80.4 Å². The van der Waals surface area contributed by atoms with Gasteiger partial charge in [-0.3, -0.25) is 19.7 Å². The average molecular weight is 444 g/mol. The molecule has 2 aromatic carbocycles. The van der Waals surface area contributed by atoms with Crippen molar-refractivity contribution in [1.82, 2.24) is 9.80 Å². The summed E-state index contributed by atoms with van der Waals surface area (Å²) in [5, 5.41) is 22.4. The van der Waals surface area contributed by atoms with Gasteiger partial charge in [-0.1, -0.05) is 11.6 Å². The van der Waals surface area contributed by atoms with E-state index >= 15 is 0 Å². The Labute approximate surface area is 184 Å². The third-order valence-electron chi connectivity index (χ3n) is 5.08. The highest BCUT2D eigenvalue weighted by Crippen LogP contribution is 2.40. The fraction of sp³-hybridized carbons (Fsp3) is 0.273. The second-order valence-corrected chi connectivity index (χ2v) is 7.94. The van der Waals surface area contributed by atoms with Crippen molar-refractivity contribution in [2.24, 2.45) is 0 Å². The van der Waals surface area contributed by atoms with Crippen LogP contribution >= 0.6 is 11.6 Å². The fourth-order valence-electron chi connectivity index (χ4n) is 3.56. The smallest absolute Gasteiger partial charge is 0.295 e. The molecule has 1 aliphatic rings. The van der Waals surface area contributed by atoms with Crippen molar-refractivity contribution < 1.29 is 19.6 Å². The molecule has 0 aromatic heterocycles. The molecule has 1 atom stereocenters. The average Bonchev–Trinajstić information content (AvgIpc) is 2.98. The maximum atomic E-state index is 12.9. The second kappa shape index (κ2) is 9.28. The summed E-state index contributed by atoms with van der Waals surface area (Å²) in [7, 11) is 3.81. The van der Waals surface area contributed by atoms with Gasteiger partial charge in [0.25, 0.3) is 17.4 Å². The van der Waals surface area contributed by atoms with Crippen LogP contribution in [0.1, 0.15) is 23.6 Å². The lowest BCUT2D eigenvalue weighted by molar-refractivity contribution is -0.384. The lowest BCUT2D eigenvalue weighted by atomic mass is 9.95. The highest BCUT2D eigenvalue weighted by Gasteiger charge is 2.45. The molecule has 1 aliphatic heterocycles. The van der Waals surface area contributed by atoms with Gasteiger partial charge in [-0.2, -0.15) is 0 Å². The Kier molecular flexibility index (Phi) is 6.72. The third kappa shape index (κ3) is 4.76. The summed E-state index contributed by atoms with van der Waals surface area (Å²) in [6, 6.07) is 11.1. The molecule has 0 saturated carbocycles. The Morgan fingerprint density at radius 2 is 1.74 bits per heavy atom. The number of nitro benzene ring substituents is 1. The van der Waals surface area contributed by atoms with Crippen molar-refractivity contribution in [3.8, 4) is 0 Å². The van der Waals surface area contributed by atoms with Crippen LogP contribution in [0.15, 0.2) is 54.1 Å². The number of Topliss-reactive ketones (excluding diaryl/α,β-unsaturated/α-hetero) is 1. The van der Waals surface area contributed by atoms with Crippen LogP contribution in [-0.4, -0.2) is 58.7 Å². The van der Waals surface area contributed by atoms with E-state index in [1.54, 1.807) is 24.3 Å². The molecule has 1 heterocycles. The van der Waals surface area contributed by atoms with Crippen LogP contribution < -0.4 is 0 Å². The molecule has 8 nitrogen and oxygen atoms in total. The van der Waals surface area contributed by atoms with Gasteiger partial charge in [0.05, 0.1) is 16.5 Å². The molecule has 0 aliphatic carbocycles. The van der Waals surface area contributed by atoms with Gasteiger partial charge in [0.1, 0.15) is 5.76 Å². The minimum absolute atomic E-state index is 0.0500. The third-order valence-corrected chi connectivity index (χ3v) is 5.33. The minimum Gasteiger partial charge on any atom is -0.507 e. The summed E-state index contributed by atoms with van der Waals surface area (Å²) in [5.41, 5.74) is 0.699. The van der Waals surface area contributed by atoms with Gasteiger partial charge in [-0.05, 0) is 69.0 Å². The number of aliphatic hydroxyl groups excluding tert-OH is 1. The first-order valence-electron chi connectivity index (χ1n) is 9.64. The Morgan fingerprint density at radius 3 is 2.29 bits per heavy atom. The number of benzene rings is 2. The molecule has 1 saturated heterocycles. The van der Waals surface area contributed by atoms with Crippen molar-refractivity contribution in [2.45, 2.75) is 12.5 Å². The second-order valence-electron chi connectivity index (χ2n) is 7.50. The fourth-order valence-corrected chi connectivity index (χ4v) is 3.68. The Hall–Kier alpha value is -3.23. The van der Waals surface area contributed by atoms with Gasteiger partial charge < -0.3 is 14.9 Å². The van der Waals surface area contributed by atoms with Crippen LogP contribution in [0.4, 0.5) is 5.69 Å². The minimum atomic E-state index is -0.848. The molecule has 9 heteroatoms. The number of carbonyl (C=O) groups is 2. The van der Waals surface area contributed by atoms with Gasteiger partial charge >= 0.3 is 0 Å². The number of hydrogen-bond donors (Lipinski definition) is 1. The van der Waals surface area contributed by atoms with E-state index in [-0.39, 0.29) is 17.0 Å². The van der Waals surface area contributed by atoms with Crippen LogP contribution in [0.3, 0.4) is 0 Å². The van der Waals surface area contributed by atoms with Gasteiger partial charge in [0, 0.05) is 29.3 Å². The number of non-ortho nitro benzene ring substituents is 1. The van der Waals surface area contributed by atoms with Crippen molar-refractivity contribution in [3.63, 3.8) is 0 Å². The highest BCUT2D eigenvalue weighted by atomic mass is 35.5. The number of likely N-dealkylation sites (tertiary alicyclic amines) is 1. The van der Waals surface area contributed by atoms with E-state index in [0.29, 0.717) is 35.7 Å². The van der Waals surface area contributed by atoms with Gasteiger partial charge in [-0.25, -0.2) is 0 Å². The standard InChI is InChI=1S/C22H22ClN3O5/c1-24(2)12-3-13-25-19(14-6-10-17(11-7-14)26(30)31)18(21(28)22(25)29)20(27)15-4-8-16(23)9-5-15/h4-11,19,27H,3,12-13H2,1-2H3/t19-/m0/s1. The molecule has 31 heavy (non-hydrogen) atoms. The first kappa shape index (κ1) is 22.5. The zero-order chi connectivity index (χ0) is 22.7. The largest absolute Gasteiger partial charge is 0.507 e. The zero-order valence-electron chi connectivity index (χ0n) is 17.1. The number of nitro groups is 1. The first-order chi connectivity index (χ1) is 14.7. The van der Waals surface area contributed by atoms with Gasteiger partial charge in [0.15, 0.2) is 0 Å². The summed E-state index contributed by atoms with van der Waals surface area (Å²) >= 11 is 5.91. The first-order valence-corrected chi connectivity index (χ1v) is 10.0. The monoisotopic (exact) mass is 443 g/mol. The van der Waals surface area contributed by atoms with Crippen molar-refractivity contribution in [1.29, 1.82) is 0 Å². The lowest BCUT2D eigenvalue weighted by Crippen LogP contribution is -2.32. The number of amides is 1. The normalized spacial score (nSPS) is 18.1. The maximum Gasteiger partial charge on any atom is 0.295 e. The molecule has 1 N–H and O–H groups in total. The molecule has 162 valence electrons. The quantitative estimate of drug-likeness (QED) is 0.230. The van der Waals surface area contributed by atoms with Crippen LogP contribution in [0.5, 0.6) is 0 Å². The number of carbonyl (C=O) groups excluding carboxylic acids is 2. The predicted molar refractivity (Wildman–Crippen MR) is 117 cm³/mol. The highest BCUT2D eigenvalue weighted by molar-refractivity contribution is 6.46. The molecule has 1 amide bonds. The molecule has 1 fully saturated rings. The van der Waals surface area contributed by atoms with E-state index in [4.69, 9.17) is 11.6 Å². The molecule has 0 bridgehead atoms. The molecular formula is C22H22ClN3O5. The molecule has 2 aromatic rings. The summed E-state index contributed by atoms with van der Waals surface area (Å²) in [5.74, 6) is -1.81. The van der Waals surface area contributed by atoms with E-state index in [1.807, 2.05) is 19.0 Å². The Morgan fingerprint density at radius 1 is 1.13 bits per heavy atom. The zero-order valence-corrected chi connectivity index (χ0v) is 17.9. The van der Waals surface area contributed by atoms with Crippen molar-refractivity contribution >= 4 is 34.7 Å². The summed E-state index contributed by atoms with van der Waals surface area (Å²) in [4.78, 5) is 39.6. The van der Waals surface area contributed by atoms with Crippen LogP contribution in [0.25, 0.3) is 5.76 Å². The lowest BCUT2D eigenvalue weighted by Gasteiger charge is -2.26. The number of ketones is 1. The van der Waals surface area contributed by atoms with Gasteiger partial charge in [-0.15, -0.1) is 0 Å². The maximum absolute atomic E-state index is 12.9. The number of hydrogen-bond acceptors (Lipinski definition) is 6. The van der Waals surface area contributed by atoms with Crippen LogP contribution in [-0.2, 0) is 9.59 Å². The Balaban J connectivity index is 2.09. The topological polar surface area (TPSA) is 104 Å². The number of nitrogens with zero attached hydrogens (tertiary/aromatic N) is 3. The van der Waals surface area contributed by atoms with E-state index in [1.165, 1.54) is 29.2 Å². The molecular weight excluding hydrogens is 422 g/mol. The SMILES string of the molecule is CN(C)CCCN1C(=O)C(=O)C(=C(O)c2ccc(Cl)cc2)[C@@H]1c1ccc([N+](=O)[O-])cc1. The summed E-state index contributed by atoms with van der Waals surface area (Å²) < 4.78 is 0. The molecule has 0 radical (unpaired) electrons. The van der Waals surface area contributed by atoms with E-state index < -0.39 is 22.7 Å². The van der Waals surface area contributed by atoms with Crippen LogP contribution in [0, 0.1) is 10.1 Å². The molecule has 0 unspecified atom stereocenters. The number of halogens is 1. The van der Waals surface area contributed by atoms with Crippen LogP contribution in [0.2, 0.25) is 5.02 Å². The Bertz CT molecular complexity index is 1030. The van der Waals surface area contributed by atoms with E-state index in [9.17, 15) is 24.8 Å². The number of aliphatic hydroxyl groups is 1. The number of rotatable bonds is 7. The van der Waals surface area contributed by atoms with Crippen molar-refractivity contribution in [2.75, 3.05) is 27.2 Å². The summed E-state index contributed by atoms with van der Waals surface area (Å²) in [6.45, 7) is 0.995. The van der Waals surface area contributed by atoms with E-state index in [2.05, 4.69) is 0 Å². The summed E-state index contributed by atoms with van der Waals surface area (Å²) in [6.07, 6.45) is 0.616. The van der Waals surface area contributed by atoms with Gasteiger partial charge in [0.2, 0.25) is 0 Å².